The summed E-state index contributed by atoms with van der Waals surface area (Å²) in [4.78, 5) is 0. The predicted molar refractivity (Wildman–Crippen MR) is 83.7 cm³/mol. The Balaban J connectivity index is 2.25. The van der Waals surface area contributed by atoms with Crippen LogP contribution in [0.1, 0.15) is 48.9 Å². The zero-order valence-corrected chi connectivity index (χ0v) is 12.2. The molecule has 2 aromatic rings. The molecule has 100 valence electrons. The highest BCUT2D eigenvalue weighted by Crippen LogP contribution is 2.19. The summed E-state index contributed by atoms with van der Waals surface area (Å²) >= 11 is 0. The topological polar surface area (TPSA) is 0 Å². The highest BCUT2D eigenvalue weighted by atomic mass is 14.1. The third-order valence-electron chi connectivity index (χ3n) is 3.66. The Morgan fingerprint density at radius 1 is 0.579 bits per heavy atom. The second-order valence-corrected chi connectivity index (χ2v) is 5.21. The Morgan fingerprint density at radius 3 is 1.32 bits per heavy atom. The van der Waals surface area contributed by atoms with Crippen molar-refractivity contribution in [2.45, 2.75) is 46.0 Å². The van der Waals surface area contributed by atoms with E-state index in [1.54, 1.807) is 0 Å². The molecule has 0 aliphatic carbocycles. The van der Waals surface area contributed by atoms with Gasteiger partial charge in [-0.05, 0) is 41.5 Å². The molecule has 0 aliphatic heterocycles. The van der Waals surface area contributed by atoms with Gasteiger partial charge >= 0.3 is 0 Å². The molecule has 0 nitrogen and oxygen atoms in total. The predicted octanol–water partition coefficient (Wildman–Crippen LogP) is 5.18. The lowest BCUT2D eigenvalue weighted by Gasteiger charge is -2.12. The van der Waals surface area contributed by atoms with Gasteiger partial charge in [-0.2, -0.15) is 0 Å². The van der Waals surface area contributed by atoms with E-state index in [-0.39, 0.29) is 0 Å². The van der Waals surface area contributed by atoms with Gasteiger partial charge in [0.2, 0.25) is 0 Å². The van der Waals surface area contributed by atoms with Crippen LogP contribution in [0.4, 0.5) is 0 Å². The molecule has 0 radical (unpaired) electrons. The van der Waals surface area contributed by atoms with Gasteiger partial charge in [-0.15, -0.1) is 0 Å². The summed E-state index contributed by atoms with van der Waals surface area (Å²) in [6.45, 7) is 4.50. The number of hydrogen-bond acceptors (Lipinski definition) is 0. The molecule has 0 saturated heterocycles. The van der Waals surface area contributed by atoms with Crippen LogP contribution in [-0.2, 0) is 19.3 Å². The van der Waals surface area contributed by atoms with E-state index in [1.165, 1.54) is 47.9 Å². The van der Waals surface area contributed by atoms with Crippen molar-refractivity contribution < 1.29 is 0 Å². The van der Waals surface area contributed by atoms with E-state index < -0.39 is 0 Å². The summed E-state index contributed by atoms with van der Waals surface area (Å²) in [7, 11) is 0. The minimum Gasteiger partial charge on any atom is -0.0651 e. The van der Waals surface area contributed by atoms with E-state index in [0.29, 0.717) is 0 Å². The second-order valence-electron chi connectivity index (χ2n) is 5.21. The molecule has 0 aromatic heterocycles. The van der Waals surface area contributed by atoms with Crippen molar-refractivity contribution in [1.29, 1.82) is 0 Å². The summed E-state index contributed by atoms with van der Waals surface area (Å²) in [6.07, 6.45) is 5.88. The lowest BCUT2D eigenvalue weighted by Crippen LogP contribution is -1.99. The van der Waals surface area contributed by atoms with Crippen molar-refractivity contribution in [1.82, 2.24) is 0 Å². The first-order chi connectivity index (χ1) is 9.35. The molecule has 0 aliphatic rings. The van der Waals surface area contributed by atoms with Crippen LogP contribution in [0, 0.1) is 0 Å². The van der Waals surface area contributed by atoms with Crippen molar-refractivity contribution in [3.05, 3.63) is 70.8 Å². The lowest BCUT2D eigenvalue weighted by molar-refractivity contribution is 0.887. The van der Waals surface area contributed by atoms with Gasteiger partial charge in [-0.3, -0.25) is 0 Å². The number of hydrogen-bond donors (Lipinski definition) is 0. The molecule has 2 rings (SSSR count). The van der Waals surface area contributed by atoms with Crippen molar-refractivity contribution in [2.75, 3.05) is 0 Å². The van der Waals surface area contributed by atoms with Gasteiger partial charge in [0.25, 0.3) is 0 Å². The highest BCUT2D eigenvalue weighted by Gasteiger charge is 2.05. The monoisotopic (exact) mass is 252 g/mol. The largest absolute Gasteiger partial charge is 0.0651 e. The molecular formula is C19H24. The zero-order valence-electron chi connectivity index (χ0n) is 12.2. The summed E-state index contributed by atoms with van der Waals surface area (Å²) < 4.78 is 0. The Labute approximate surface area is 117 Å². The fourth-order valence-electron chi connectivity index (χ4n) is 2.69. The van der Waals surface area contributed by atoms with Crippen LogP contribution in [0.15, 0.2) is 48.5 Å². The molecule has 2 aromatic carbocycles. The van der Waals surface area contributed by atoms with Gasteiger partial charge in [0.05, 0.1) is 0 Å². The molecule has 0 heteroatoms. The molecule has 19 heavy (non-hydrogen) atoms. The molecule has 0 heterocycles. The van der Waals surface area contributed by atoms with Gasteiger partial charge in [0, 0.05) is 0 Å². The fourth-order valence-corrected chi connectivity index (χ4v) is 2.69. The fraction of sp³-hybridized carbons (Fsp3) is 0.368. The van der Waals surface area contributed by atoms with E-state index in [2.05, 4.69) is 62.4 Å². The maximum atomic E-state index is 2.29. The molecule has 0 spiro atoms. The molecular weight excluding hydrogens is 228 g/mol. The van der Waals surface area contributed by atoms with Crippen LogP contribution in [0.2, 0.25) is 0 Å². The van der Waals surface area contributed by atoms with Crippen LogP contribution in [-0.4, -0.2) is 0 Å². The number of aryl methyl sites for hydroxylation is 2. The van der Waals surface area contributed by atoms with Gasteiger partial charge in [0.15, 0.2) is 0 Å². The standard InChI is InChI=1S/C19H24/c1-3-9-16-11-5-7-13-18(16)15-19-14-8-6-12-17(19)10-4-2/h5-8,11-14H,3-4,9-10,15H2,1-2H3. The minimum atomic E-state index is 1.08. The minimum absolute atomic E-state index is 1.08. The molecule has 0 atom stereocenters. The second kappa shape index (κ2) is 7.13. The molecule has 0 unspecified atom stereocenters. The number of rotatable bonds is 6. The Hall–Kier alpha value is -1.56. The average Bonchev–Trinajstić information content (AvgIpc) is 2.44. The maximum absolute atomic E-state index is 2.29. The zero-order chi connectivity index (χ0) is 13.5. The Bertz CT molecular complexity index is 463. The first-order valence-electron chi connectivity index (χ1n) is 7.48. The SMILES string of the molecule is CCCc1ccccc1Cc1ccccc1CCC. The Morgan fingerprint density at radius 2 is 0.947 bits per heavy atom. The summed E-state index contributed by atoms with van der Waals surface area (Å²) in [5, 5.41) is 0. The molecule has 0 N–H and O–H groups in total. The van der Waals surface area contributed by atoms with E-state index in [0.717, 1.165) is 6.42 Å². The quantitative estimate of drug-likeness (QED) is 0.664. The van der Waals surface area contributed by atoms with Gasteiger partial charge in [-0.25, -0.2) is 0 Å². The van der Waals surface area contributed by atoms with Gasteiger partial charge < -0.3 is 0 Å². The van der Waals surface area contributed by atoms with Crippen LogP contribution >= 0.6 is 0 Å². The average molecular weight is 252 g/mol. The van der Waals surface area contributed by atoms with E-state index in [9.17, 15) is 0 Å². The normalized spacial score (nSPS) is 10.6. The third-order valence-corrected chi connectivity index (χ3v) is 3.66. The third kappa shape index (κ3) is 3.70. The molecule has 0 amide bonds. The van der Waals surface area contributed by atoms with Crippen LogP contribution < -0.4 is 0 Å². The van der Waals surface area contributed by atoms with Gasteiger partial charge in [0.1, 0.15) is 0 Å². The van der Waals surface area contributed by atoms with Crippen molar-refractivity contribution in [2.24, 2.45) is 0 Å². The highest BCUT2D eigenvalue weighted by molar-refractivity contribution is 5.36. The first kappa shape index (κ1) is 13.9. The van der Waals surface area contributed by atoms with Crippen LogP contribution in [0.5, 0.6) is 0 Å². The van der Waals surface area contributed by atoms with Crippen molar-refractivity contribution in [3.8, 4) is 0 Å². The summed E-state index contributed by atoms with van der Waals surface area (Å²) in [5.41, 5.74) is 6.01. The molecule has 0 fully saturated rings. The molecule has 0 saturated carbocycles. The van der Waals surface area contributed by atoms with Crippen molar-refractivity contribution in [3.63, 3.8) is 0 Å². The van der Waals surface area contributed by atoms with E-state index >= 15 is 0 Å². The molecule has 0 bridgehead atoms. The lowest BCUT2D eigenvalue weighted by atomic mass is 9.93. The Kier molecular flexibility index (Phi) is 5.20. The van der Waals surface area contributed by atoms with Crippen molar-refractivity contribution >= 4 is 0 Å². The van der Waals surface area contributed by atoms with Gasteiger partial charge in [-0.1, -0.05) is 75.2 Å². The number of benzene rings is 2. The van der Waals surface area contributed by atoms with E-state index in [1.807, 2.05) is 0 Å². The first-order valence-corrected chi connectivity index (χ1v) is 7.48. The summed E-state index contributed by atoms with van der Waals surface area (Å²) in [5.74, 6) is 0. The maximum Gasteiger partial charge on any atom is -0.00203 e. The smallest absolute Gasteiger partial charge is 0.00203 e. The van der Waals surface area contributed by atoms with Crippen LogP contribution in [0.3, 0.4) is 0 Å². The van der Waals surface area contributed by atoms with E-state index in [4.69, 9.17) is 0 Å². The summed E-state index contributed by atoms with van der Waals surface area (Å²) in [6, 6.07) is 17.8. The van der Waals surface area contributed by atoms with Crippen LogP contribution in [0.25, 0.3) is 0 Å².